The van der Waals surface area contributed by atoms with Gasteiger partial charge in [-0.15, -0.1) is 0 Å². The molecule has 1 aromatic carbocycles. The standard InChI is InChI=1S/C17H26N2O2/c1-3-4-5-6-7-8-9-17(21)19-16-12-10-15(11-13-16)18-14(2)20/h10-13H,3-9H2,1-2H3,(H,18,20)(H,19,21). The van der Waals surface area contributed by atoms with Crippen molar-refractivity contribution in [1.82, 2.24) is 0 Å². The van der Waals surface area contributed by atoms with E-state index < -0.39 is 0 Å². The van der Waals surface area contributed by atoms with E-state index in [0.717, 1.165) is 24.2 Å². The summed E-state index contributed by atoms with van der Waals surface area (Å²) >= 11 is 0. The van der Waals surface area contributed by atoms with Crippen molar-refractivity contribution in [1.29, 1.82) is 0 Å². The van der Waals surface area contributed by atoms with Gasteiger partial charge in [0.15, 0.2) is 0 Å². The third-order valence-electron chi connectivity index (χ3n) is 3.25. The van der Waals surface area contributed by atoms with Crippen molar-refractivity contribution >= 4 is 23.2 Å². The fourth-order valence-electron chi connectivity index (χ4n) is 2.13. The second kappa shape index (κ2) is 9.97. The molecule has 0 aromatic heterocycles. The van der Waals surface area contributed by atoms with E-state index in [1.54, 1.807) is 24.3 Å². The van der Waals surface area contributed by atoms with Crippen molar-refractivity contribution < 1.29 is 9.59 Å². The summed E-state index contributed by atoms with van der Waals surface area (Å²) in [5.41, 5.74) is 1.50. The van der Waals surface area contributed by atoms with Gasteiger partial charge in [0.2, 0.25) is 11.8 Å². The summed E-state index contributed by atoms with van der Waals surface area (Å²) in [5, 5.41) is 5.57. The molecule has 4 heteroatoms. The smallest absolute Gasteiger partial charge is 0.224 e. The Kier molecular flexibility index (Phi) is 8.17. The topological polar surface area (TPSA) is 58.2 Å². The largest absolute Gasteiger partial charge is 0.326 e. The summed E-state index contributed by atoms with van der Waals surface area (Å²) in [7, 11) is 0. The Morgan fingerprint density at radius 2 is 1.38 bits per heavy atom. The zero-order valence-electron chi connectivity index (χ0n) is 13.1. The van der Waals surface area contributed by atoms with Gasteiger partial charge in [-0.1, -0.05) is 39.0 Å². The summed E-state index contributed by atoms with van der Waals surface area (Å²) in [6, 6.07) is 7.15. The van der Waals surface area contributed by atoms with Crippen LogP contribution in [0.3, 0.4) is 0 Å². The van der Waals surface area contributed by atoms with Crippen molar-refractivity contribution in [2.75, 3.05) is 10.6 Å². The third-order valence-corrected chi connectivity index (χ3v) is 3.25. The summed E-state index contributed by atoms with van der Waals surface area (Å²) < 4.78 is 0. The van der Waals surface area contributed by atoms with Crippen molar-refractivity contribution in [3.8, 4) is 0 Å². The van der Waals surface area contributed by atoms with E-state index in [2.05, 4.69) is 17.6 Å². The number of carbonyl (C=O) groups is 2. The fourth-order valence-corrected chi connectivity index (χ4v) is 2.13. The van der Waals surface area contributed by atoms with Gasteiger partial charge in [-0.05, 0) is 30.7 Å². The van der Waals surface area contributed by atoms with Crippen LogP contribution in [-0.4, -0.2) is 11.8 Å². The Morgan fingerprint density at radius 3 is 1.95 bits per heavy atom. The number of benzene rings is 1. The minimum Gasteiger partial charge on any atom is -0.326 e. The van der Waals surface area contributed by atoms with E-state index >= 15 is 0 Å². The predicted molar refractivity (Wildman–Crippen MR) is 87.4 cm³/mol. The quantitative estimate of drug-likeness (QED) is 0.665. The minimum absolute atomic E-state index is 0.0535. The molecule has 0 heterocycles. The molecular weight excluding hydrogens is 264 g/mol. The van der Waals surface area contributed by atoms with Crippen LogP contribution in [0.2, 0.25) is 0 Å². The Bertz CT molecular complexity index is 441. The summed E-state index contributed by atoms with van der Waals surface area (Å²) in [4.78, 5) is 22.7. The summed E-state index contributed by atoms with van der Waals surface area (Å²) in [5.74, 6) is -0.0485. The number of hydrogen-bond donors (Lipinski definition) is 2. The molecule has 1 aromatic rings. The van der Waals surface area contributed by atoms with Crippen LogP contribution in [0, 0.1) is 0 Å². The Balaban J connectivity index is 2.23. The first-order valence-corrected chi connectivity index (χ1v) is 7.79. The lowest BCUT2D eigenvalue weighted by atomic mass is 10.1. The van der Waals surface area contributed by atoms with Crippen LogP contribution in [0.15, 0.2) is 24.3 Å². The molecule has 4 nitrogen and oxygen atoms in total. The Hall–Kier alpha value is -1.84. The van der Waals surface area contributed by atoms with Gasteiger partial charge in [-0.25, -0.2) is 0 Å². The van der Waals surface area contributed by atoms with Crippen molar-refractivity contribution in [3.63, 3.8) is 0 Å². The summed E-state index contributed by atoms with van der Waals surface area (Å²) in [6.45, 7) is 3.67. The molecule has 0 unspecified atom stereocenters. The van der Waals surface area contributed by atoms with Gasteiger partial charge in [0.05, 0.1) is 0 Å². The third kappa shape index (κ3) is 8.12. The van der Waals surface area contributed by atoms with Gasteiger partial charge < -0.3 is 10.6 Å². The van der Waals surface area contributed by atoms with Crippen molar-refractivity contribution in [3.05, 3.63) is 24.3 Å². The lowest BCUT2D eigenvalue weighted by Crippen LogP contribution is -2.11. The average molecular weight is 290 g/mol. The maximum atomic E-state index is 11.8. The first kappa shape index (κ1) is 17.2. The van der Waals surface area contributed by atoms with Crippen LogP contribution in [0.1, 0.15) is 58.8 Å². The predicted octanol–water partition coefficient (Wildman–Crippen LogP) is 4.33. The second-order valence-corrected chi connectivity index (χ2v) is 5.32. The fraction of sp³-hybridized carbons (Fsp3) is 0.529. The molecule has 0 saturated carbocycles. The molecule has 0 aliphatic rings. The molecular formula is C17H26N2O2. The van der Waals surface area contributed by atoms with Crippen LogP contribution in [0.25, 0.3) is 0 Å². The van der Waals surface area contributed by atoms with Gasteiger partial charge in [-0.2, -0.15) is 0 Å². The lowest BCUT2D eigenvalue weighted by Gasteiger charge is -2.07. The van der Waals surface area contributed by atoms with Crippen LogP contribution >= 0.6 is 0 Å². The van der Waals surface area contributed by atoms with Gasteiger partial charge in [0.25, 0.3) is 0 Å². The molecule has 0 radical (unpaired) electrons. The highest BCUT2D eigenvalue weighted by molar-refractivity contribution is 5.92. The molecule has 0 aliphatic carbocycles. The first-order valence-electron chi connectivity index (χ1n) is 7.79. The number of amides is 2. The zero-order chi connectivity index (χ0) is 15.5. The van der Waals surface area contributed by atoms with E-state index in [-0.39, 0.29) is 11.8 Å². The van der Waals surface area contributed by atoms with E-state index in [0.29, 0.717) is 6.42 Å². The number of anilines is 2. The molecule has 2 amide bonds. The molecule has 0 aliphatic heterocycles. The van der Waals surface area contributed by atoms with Gasteiger partial charge in [0, 0.05) is 24.7 Å². The number of nitrogens with one attached hydrogen (secondary N) is 2. The normalized spacial score (nSPS) is 10.2. The van der Waals surface area contributed by atoms with E-state index in [4.69, 9.17) is 0 Å². The monoisotopic (exact) mass is 290 g/mol. The number of carbonyl (C=O) groups excluding carboxylic acids is 2. The Labute approximate surface area is 127 Å². The number of unbranched alkanes of at least 4 members (excludes halogenated alkanes) is 5. The van der Waals surface area contributed by atoms with Crippen molar-refractivity contribution in [2.45, 2.75) is 58.8 Å². The van der Waals surface area contributed by atoms with Gasteiger partial charge >= 0.3 is 0 Å². The van der Waals surface area contributed by atoms with E-state index in [1.165, 1.54) is 32.6 Å². The molecule has 0 bridgehead atoms. The molecule has 0 saturated heterocycles. The van der Waals surface area contributed by atoms with Crippen LogP contribution in [-0.2, 0) is 9.59 Å². The molecule has 116 valence electrons. The Morgan fingerprint density at radius 1 is 0.857 bits per heavy atom. The highest BCUT2D eigenvalue weighted by Gasteiger charge is 2.02. The van der Waals surface area contributed by atoms with Crippen LogP contribution in [0.5, 0.6) is 0 Å². The first-order chi connectivity index (χ1) is 10.1. The van der Waals surface area contributed by atoms with Crippen LogP contribution in [0.4, 0.5) is 11.4 Å². The van der Waals surface area contributed by atoms with Crippen LogP contribution < -0.4 is 10.6 Å². The zero-order valence-corrected chi connectivity index (χ0v) is 13.1. The SMILES string of the molecule is CCCCCCCCC(=O)Nc1ccc(NC(C)=O)cc1. The number of hydrogen-bond acceptors (Lipinski definition) is 2. The highest BCUT2D eigenvalue weighted by atomic mass is 16.2. The van der Waals surface area contributed by atoms with Gasteiger partial charge in [-0.3, -0.25) is 9.59 Å². The maximum Gasteiger partial charge on any atom is 0.224 e. The number of rotatable bonds is 9. The average Bonchev–Trinajstić information content (AvgIpc) is 2.44. The van der Waals surface area contributed by atoms with E-state index in [1.807, 2.05) is 0 Å². The molecule has 0 fully saturated rings. The molecule has 0 spiro atoms. The van der Waals surface area contributed by atoms with Crippen molar-refractivity contribution in [2.24, 2.45) is 0 Å². The maximum absolute atomic E-state index is 11.8. The summed E-state index contributed by atoms with van der Waals surface area (Å²) in [6.07, 6.45) is 7.64. The molecule has 21 heavy (non-hydrogen) atoms. The second-order valence-electron chi connectivity index (χ2n) is 5.32. The minimum atomic E-state index is -0.102. The molecule has 1 rings (SSSR count). The lowest BCUT2D eigenvalue weighted by molar-refractivity contribution is -0.116. The highest BCUT2D eigenvalue weighted by Crippen LogP contribution is 2.14. The molecule has 0 atom stereocenters. The molecule has 2 N–H and O–H groups in total. The van der Waals surface area contributed by atoms with E-state index in [9.17, 15) is 9.59 Å². The van der Waals surface area contributed by atoms with Gasteiger partial charge in [0.1, 0.15) is 0 Å².